The van der Waals surface area contributed by atoms with Gasteiger partial charge in [0.15, 0.2) is 0 Å². The molecule has 1 aliphatic heterocycles. The number of carbonyl (C=O) groups excluding carboxylic acids is 1. The van der Waals surface area contributed by atoms with Crippen LogP contribution in [0, 0.1) is 0 Å². The van der Waals surface area contributed by atoms with Crippen molar-refractivity contribution >= 4 is 5.91 Å². The average molecular weight is 674 g/mol. The maximum Gasteiger partial charge on any atom is 0.237 e. The Hall–Kier alpha value is -3.93. The van der Waals surface area contributed by atoms with Crippen LogP contribution in [0.5, 0.6) is 5.75 Å². The molecule has 1 N–H and O–H groups in total. The standard InChI is InChI=1S/C45H59N3O2/c1-44(2,3)39-21-15-36(16-22-39)32-48(33-37-17-23-40(24-18-37)45(4,5)6)42(43(49)46-27-30-47-28-11-8-12-29-47)31-35-19-25-41(26-20-35)50-34-38-13-9-7-10-14-38/h7,9-10,13-26,42H,8,11-12,27-34H2,1-6H3,(H,46,49)/t42-/m0/s1. The zero-order valence-electron chi connectivity index (χ0n) is 31.4. The molecule has 0 aliphatic carbocycles. The van der Waals surface area contributed by atoms with Gasteiger partial charge in [-0.2, -0.15) is 0 Å². The van der Waals surface area contributed by atoms with E-state index in [0.717, 1.165) is 36.5 Å². The summed E-state index contributed by atoms with van der Waals surface area (Å²) in [4.78, 5) is 19.2. The van der Waals surface area contributed by atoms with Crippen molar-refractivity contribution in [1.82, 2.24) is 15.1 Å². The van der Waals surface area contributed by atoms with E-state index in [1.165, 1.54) is 41.5 Å². The summed E-state index contributed by atoms with van der Waals surface area (Å²) in [7, 11) is 0. The number of piperidine rings is 1. The van der Waals surface area contributed by atoms with Crippen LogP contribution < -0.4 is 10.1 Å². The Morgan fingerprint density at radius 3 is 1.72 bits per heavy atom. The normalized spacial score (nSPS) is 14.8. The quantitative estimate of drug-likeness (QED) is 0.145. The van der Waals surface area contributed by atoms with Gasteiger partial charge in [0.05, 0.1) is 6.04 Å². The monoisotopic (exact) mass is 673 g/mol. The van der Waals surface area contributed by atoms with Crippen LogP contribution in [0.1, 0.15) is 94.2 Å². The van der Waals surface area contributed by atoms with Crippen LogP contribution in [-0.2, 0) is 41.7 Å². The number of amides is 1. The molecule has 50 heavy (non-hydrogen) atoms. The molecular weight excluding hydrogens is 615 g/mol. The van der Waals surface area contributed by atoms with Gasteiger partial charge >= 0.3 is 0 Å². The first-order valence-corrected chi connectivity index (χ1v) is 18.6. The first-order chi connectivity index (χ1) is 23.9. The number of benzene rings is 4. The van der Waals surface area contributed by atoms with Crippen LogP contribution >= 0.6 is 0 Å². The molecule has 5 rings (SSSR count). The summed E-state index contributed by atoms with van der Waals surface area (Å²) in [5.41, 5.74) is 7.46. The first-order valence-electron chi connectivity index (χ1n) is 18.6. The zero-order chi connectivity index (χ0) is 35.6. The summed E-state index contributed by atoms with van der Waals surface area (Å²) in [6, 6.07) is 36.1. The lowest BCUT2D eigenvalue weighted by atomic mass is 9.86. The van der Waals surface area contributed by atoms with Gasteiger partial charge in [0.25, 0.3) is 0 Å². The van der Waals surface area contributed by atoms with Crippen LogP contribution in [0.2, 0.25) is 0 Å². The van der Waals surface area contributed by atoms with Crippen LogP contribution in [0.25, 0.3) is 0 Å². The van der Waals surface area contributed by atoms with Crippen molar-refractivity contribution in [2.75, 3.05) is 26.2 Å². The van der Waals surface area contributed by atoms with Gasteiger partial charge in [-0.15, -0.1) is 0 Å². The SMILES string of the molecule is CC(C)(C)c1ccc(CN(Cc2ccc(C(C)(C)C)cc2)[C@@H](Cc2ccc(OCc3ccccc3)cc2)C(=O)NCCN2CCCCC2)cc1. The lowest BCUT2D eigenvalue weighted by molar-refractivity contribution is -0.127. The molecule has 0 radical (unpaired) electrons. The van der Waals surface area contributed by atoms with E-state index in [-0.39, 0.29) is 22.8 Å². The molecule has 1 amide bonds. The number of hydrogen-bond donors (Lipinski definition) is 1. The minimum atomic E-state index is -0.350. The minimum Gasteiger partial charge on any atom is -0.489 e. The van der Waals surface area contributed by atoms with Gasteiger partial charge in [0.1, 0.15) is 12.4 Å². The van der Waals surface area contributed by atoms with Gasteiger partial charge in [-0.3, -0.25) is 9.69 Å². The molecule has 266 valence electrons. The molecule has 0 spiro atoms. The van der Waals surface area contributed by atoms with Gasteiger partial charge in [-0.25, -0.2) is 0 Å². The first kappa shape index (κ1) is 37.3. The van der Waals surface area contributed by atoms with Crippen LogP contribution in [0.3, 0.4) is 0 Å². The minimum absolute atomic E-state index is 0.0841. The van der Waals surface area contributed by atoms with Crippen molar-refractivity contribution in [2.24, 2.45) is 0 Å². The molecule has 5 nitrogen and oxygen atoms in total. The predicted molar refractivity (Wildman–Crippen MR) is 208 cm³/mol. The van der Waals surface area contributed by atoms with E-state index in [9.17, 15) is 4.79 Å². The van der Waals surface area contributed by atoms with Crippen molar-refractivity contribution in [3.63, 3.8) is 0 Å². The van der Waals surface area contributed by atoms with E-state index in [0.29, 0.717) is 32.7 Å². The van der Waals surface area contributed by atoms with Crippen LogP contribution in [0.4, 0.5) is 0 Å². The number of nitrogens with zero attached hydrogens (tertiary/aromatic N) is 2. The molecule has 5 heteroatoms. The van der Waals surface area contributed by atoms with E-state index in [1.807, 2.05) is 30.3 Å². The Bertz CT molecular complexity index is 1540. The highest BCUT2D eigenvalue weighted by Gasteiger charge is 2.28. The van der Waals surface area contributed by atoms with Crippen molar-refractivity contribution in [1.29, 1.82) is 0 Å². The van der Waals surface area contributed by atoms with E-state index in [4.69, 9.17) is 4.74 Å². The summed E-state index contributed by atoms with van der Waals surface area (Å²) in [5, 5.41) is 3.36. The molecule has 1 fully saturated rings. The molecule has 0 saturated carbocycles. The number of ether oxygens (including phenoxy) is 1. The Kier molecular flexibility index (Phi) is 12.9. The molecular formula is C45H59N3O2. The van der Waals surface area contributed by atoms with Gasteiger partial charge < -0.3 is 15.0 Å². The van der Waals surface area contributed by atoms with Crippen molar-refractivity contribution in [3.05, 3.63) is 137 Å². The van der Waals surface area contributed by atoms with Gasteiger partial charge in [-0.05, 0) is 88.7 Å². The number of carbonyl (C=O) groups is 1. The Morgan fingerprint density at radius 2 is 1.20 bits per heavy atom. The third-order valence-corrected chi connectivity index (χ3v) is 9.93. The highest BCUT2D eigenvalue weighted by Crippen LogP contribution is 2.26. The van der Waals surface area contributed by atoms with Gasteiger partial charge in [-0.1, -0.05) is 139 Å². The molecule has 0 bridgehead atoms. The highest BCUT2D eigenvalue weighted by atomic mass is 16.5. The number of nitrogens with one attached hydrogen (secondary N) is 1. The van der Waals surface area contributed by atoms with Crippen molar-refractivity contribution < 1.29 is 9.53 Å². The van der Waals surface area contributed by atoms with Crippen LogP contribution in [0.15, 0.2) is 103 Å². The summed E-state index contributed by atoms with van der Waals surface area (Å²) in [6.07, 6.45) is 4.41. The molecule has 1 aliphatic rings. The third-order valence-electron chi connectivity index (χ3n) is 9.93. The second-order valence-electron chi connectivity index (χ2n) is 16.1. The fourth-order valence-electron chi connectivity index (χ4n) is 6.68. The van der Waals surface area contributed by atoms with Gasteiger partial charge in [0, 0.05) is 26.2 Å². The average Bonchev–Trinajstić information content (AvgIpc) is 3.10. The van der Waals surface area contributed by atoms with Crippen LogP contribution in [-0.4, -0.2) is 47.9 Å². The largest absolute Gasteiger partial charge is 0.489 e. The maximum atomic E-state index is 14.3. The topological polar surface area (TPSA) is 44.8 Å². The number of hydrogen-bond acceptors (Lipinski definition) is 4. The fraction of sp³-hybridized carbons (Fsp3) is 0.444. The summed E-state index contributed by atoms with van der Waals surface area (Å²) in [5.74, 6) is 0.916. The lowest BCUT2D eigenvalue weighted by Gasteiger charge is -2.32. The van der Waals surface area contributed by atoms with E-state index in [2.05, 4.69) is 129 Å². The Labute approximate surface area is 302 Å². The molecule has 0 unspecified atom stereocenters. The van der Waals surface area contributed by atoms with E-state index in [1.54, 1.807) is 0 Å². The fourth-order valence-corrected chi connectivity index (χ4v) is 6.68. The summed E-state index contributed by atoms with van der Waals surface area (Å²) < 4.78 is 6.09. The molecule has 1 heterocycles. The van der Waals surface area contributed by atoms with Gasteiger partial charge in [0.2, 0.25) is 5.91 Å². The number of likely N-dealkylation sites (tertiary alicyclic amines) is 1. The maximum absolute atomic E-state index is 14.3. The molecule has 4 aromatic rings. The van der Waals surface area contributed by atoms with Crippen molar-refractivity contribution in [3.8, 4) is 5.75 Å². The zero-order valence-corrected chi connectivity index (χ0v) is 31.4. The highest BCUT2D eigenvalue weighted by molar-refractivity contribution is 5.82. The molecule has 4 aromatic carbocycles. The molecule has 0 aromatic heterocycles. The van der Waals surface area contributed by atoms with E-state index >= 15 is 0 Å². The lowest BCUT2D eigenvalue weighted by Crippen LogP contribution is -2.49. The number of rotatable bonds is 14. The second kappa shape index (κ2) is 17.3. The molecule has 1 saturated heterocycles. The summed E-state index contributed by atoms with van der Waals surface area (Å²) in [6.45, 7) is 19.2. The van der Waals surface area contributed by atoms with E-state index < -0.39 is 0 Å². The third kappa shape index (κ3) is 11.3. The molecule has 1 atom stereocenters. The predicted octanol–water partition coefficient (Wildman–Crippen LogP) is 9.08. The Morgan fingerprint density at radius 1 is 0.680 bits per heavy atom. The Balaban J connectivity index is 1.39. The summed E-state index contributed by atoms with van der Waals surface area (Å²) >= 11 is 0. The van der Waals surface area contributed by atoms with Crippen molar-refractivity contribution in [2.45, 2.75) is 104 Å². The second-order valence-corrected chi connectivity index (χ2v) is 16.1. The smallest absolute Gasteiger partial charge is 0.237 e.